The lowest BCUT2D eigenvalue weighted by atomic mass is 9.72. The van der Waals surface area contributed by atoms with Gasteiger partial charge < -0.3 is 5.11 Å². The van der Waals surface area contributed by atoms with Crippen molar-refractivity contribution in [3.8, 4) is 5.75 Å². The number of nitro groups is 1. The molecule has 2 aromatic carbocycles. The van der Waals surface area contributed by atoms with E-state index in [1.54, 1.807) is 6.07 Å². The summed E-state index contributed by atoms with van der Waals surface area (Å²) in [7, 11) is 0. The maximum absolute atomic E-state index is 13.3. The van der Waals surface area contributed by atoms with Crippen LogP contribution in [0.25, 0.3) is 0 Å². The maximum atomic E-state index is 13.3. The summed E-state index contributed by atoms with van der Waals surface area (Å²) in [4.78, 5) is 10.4. The van der Waals surface area contributed by atoms with Gasteiger partial charge in [0.15, 0.2) is 0 Å². The number of benzene rings is 2. The Balaban J connectivity index is 2.27. The van der Waals surface area contributed by atoms with Gasteiger partial charge in [-0.3, -0.25) is 21.0 Å². The second-order valence-electron chi connectivity index (χ2n) is 8.52. The Labute approximate surface area is 158 Å². The van der Waals surface area contributed by atoms with Crippen molar-refractivity contribution in [1.29, 1.82) is 0 Å². The summed E-state index contributed by atoms with van der Waals surface area (Å²) in [5, 5.41) is 21.2. The third-order valence-corrected chi connectivity index (χ3v) is 4.24. The molecule has 0 heterocycles. The summed E-state index contributed by atoms with van der Waals surface area (Å²) in [6.45, 7) is 10.8. The molecule has 3 N–H and O–H groups in total. The Bertz CT molecular complexity index is 845. The highest BCUT2D eigenvalue weighted by Crippen LogP contribution is 2.38. The van der Waals surface area contributed by atoms with Crippen LogP contribution in [0, 0.1) is 21.3 Å². The van der Waals surface area contributed by atoms with Gasteiger partial charge in [-0.25, -0.2) is 4.39 Å². The third kappa shape index (κ3) is 5.32. The number of phenolic OH excluding ortho intramolecular Hbond substituents is 1. The van der Waals surface area contributed by atoms with Crippen molar-refractivity contribution < 1.29 is 14.4 Å². The fourth-order valence-corrected chi connectivity index (χ4v) is 3.38. The largest absolute Gasteiger partial charge is 0.506 e. The van der Waals surface area contributed by atoms with Crippen LogP contribution in [0.5, 0.6) is 5.75 Å². The SMILES string of the molecule is CC(C)(C)CC(C)(C)c1ccc(O)c(NNc2ccc(F)cc2[N+](=O)[O-])c1. The van der Waals surface area contributed by atoms with Crippen LogP contribution in [0.15, 0.2) is 36.4 Å². The molecule has 0 aliphatic carbocycles. The van der Waals surface area contributed by atoms with E-state index < -0.39 is 16.4 Å². The normalized spacial score (nSPS) is 11.9. The van der Waals surface area contributed by atoms with Crippen LogP contribution in [-0.2, 0) is 5.41 Å². The average Bonchev–Trinajstić information content (AvgIpc) is 2.52. The van der Waals surface area contributed by atoms with Gasteiger partial charge in [0.25, 0.3) is 5.69 Å². The Morgan fingerprint density at radius 1 is 1.04 bits per heavy atom. The molecule has 0 aliphatic rings. The van der Waals surface area contributed by atoms with Gasteiger partial charge in [0.1, 0.15) is 17.3 Å². The van der Waals surface area contributed by atoms with Crippen molar-refractivity contribution in [3.05, 3.63) is 57.9 Å². The monoisotopic (exact) mass is 375 g/mol. The molecule has 0 atom stereocenters. The number of nitrogens with zero attached hydrogens (tertiary/aromatic N) is 1. The smallest absolute Gasteiger partial charge is 0.297 e. The van der Waals surface area contributed by atoms with Gasteiger partial charge in [-0.05, 0) is 47.1 Å². The summed E-state index contributed by atoms with van der Waals surface area (Å²) in [5.74, 6) is -0.691. The lowest BCUT2D eigenvalue weighted by Crippen LogP contribution is -2.25. The van der Waals surface area contributed by atoms with Crippen molar-refractivity contribution in [3.63, 3.8) is 0 Å². The van der Waals surface area contributed by atoms with Gasteiger partial charge in [0.05, 0.1) is 16.7 Å². The van der Waals surface area contributed by atoms with E-state index in [0.717, 1.165) is 24.1 Å². The van der Waals surface area contributed by atoms with Crippen LogP contribution in [-0.4, -0.2) is 10.0 Å². The van der Waals surface area contributed by atoms with E-state index in [-0.39, 0.29) is 22.3 Å². The van der Waals surface area contributed by atoms with E-state index in [2.05, 4.69) is 45.5 Å². The van der Waals surface area contributed by atoms with Crippen LogP contribution in [0.4, 0.5) is 21.5 Å². The molecule has 27 heavy (non-hydrogen) atoms. The molecule has 0 unspecified atom stereocenters. The van der Waals surface area contributed by atoms with E-state index in [1.807, 2.05) is 12.1 Å². The maximum Gasteiger partial charge on any atom is 0.297 e. The number of hydrogen-bond donors (Lipinski definition) is 3. The Hall–Kier alpha value is -2.83. The highest BCUT2D eigenvalue weighted by molar-refractivity contribution is 5.67. The summed E-state index contributed by atoms with van der Waals surface area (Å²) in [5.41, 5.74) is 6.58. The zero-order chi connectivity index (χ0) is 20.4. The molecule has 0 saturated carbocycles. The first kappa shape index (κ1) is 20.5. The fourth-order valence-electron chi connectivity index (χ4n) is 3.38. The Morgan fingerprint density at radius 3 is 2.26 bits per heavy atom. The number of nitro benzene ring substituents is 1. The fraction of sp³-hybridized carbons (Fsp3) is 0.400. The van der Waals surface area contributed by atoms with Gasteiger partial charge in [-0.15, -0.1) is 0 Å². The molecule has 0 aromatic heterocycles. The molecule has 0 bridgehead atoms. The van der Waals surface area contributed by atoms with E-state index >= 15 is 0 Å². The first-order valence-electron chi connectivity index (χ1n) is 8.68. The summed E-state index contributed by atoms with van der Waals surface area (Å²) >= 11 is 0. The predicted octanol–water partition coefficient (Wildman–Crippen LogP) is 5.59. The van der Waals surface area contributed by atoms with Crippen LogP contribution in [0.2, 0.25) is 0 Å². The first-order valence-corrected chi connectivity index (χ1v) is 8.68. The second kappa shape index (κ2) is 7.42. The number of halogens is 1. The van der Waals surface area contributed by atoms with Crippen molar-refractivity contribution in [2.24, 2.45) is 5.41 Å². The van der Waals surface area contributed by atoms with Crippen LogP contribution < -0.4 is 10.9 Å². The molecule has 0 spiro atoms. The van der Waals surface area contributed by atoms with E-state index in [9.17, 15) is 19.6 Å². The Kier molecular flexibility index (Phi) is 5.63. The zero-order valence-electron chi connectivity index (χ0n) is 16.3. The molecule has 0 radical (unpaired) electrons. The average molecular weight is 375 g/mol. The number of hydrogen-bond acceptors (Lipinski definition) is 5. The van der Waals surface area contributed by atoms with Crippen molar-refractivity contribution in [2.75, 3.05) is 10.9 Å². The van der Waals surface area contributed by atoms with Gasteiger partial charge in [-0.1, -0.05) is 40.7 Å². The summed E-state index contributed by atoms with van der Waals surface area (Å²) < 4.78 is 13.3. The van der Waals surface area contributed by atoms with E-state index in [0.29, 0.717) is 5.69 Å². The molecule has 0 saturated heterocycles. The molecule has 0 fully saturated rings. The highest BCUT2D eigenvalue weighted by atomic mass is 19.1. The van der Waals surface area contributed by atoms with Gasteiger partial charge in [-0.2, -0.15) is 0 Å². The molecule has 2 rings (SSSR count). The quantitative estimate of drug-likeness (QED) is 0.348. The Morgan fingerprint density at radius 2 is 1.67 bits per heavy atom. The third-order valence-electron chi connectivity index (χ3n) is 4.24. The molecule has 0 aliphatic heterocycles. The van der Waals surface area contributed by atoms with Crippen LogP contribution >= 0.6 is 0 Å². The molecule has 0 amide bonds. The van der Waals surface area contributed by atoms with Crippen LogP contribution in [0.3, 0.4) is 0 Å². The summed E-state index contributed by atoms with van der Waals surface area (Å²) in [6.07, 6.45) is 0.932. The van der Waals surface area contributed by atoms with Crippen molar-refractivity contribution >= 4 is 17.1 Å². The van der Waals surface area contributed by atoms with Gasteiger partial charge in [0, 0.05) is 0 Å². The number of hydrazine groups is 1. The second-order valence-corrected chi connectivity index (χ2v) is 8.52. The topological polar surface area (TPSA) is 87.4 Å². The zero-order valence-corrected chi connectivity index (χ0v) is 16.3. The lowest BCUT2D eigenvalue weighted by Gasteiger charge is -2.33. The number of anilines is 2. The first-order chi connectivity index (χ1) is 12.4. The van der Waals surface area contributed by atoms with E-state index in [4.69, 9.17) is 0 Å². The number of aromatic hydroxyl groups is 1. The molecule has 7 heteroatoms. The number of nitrogens with one attached hydrogen (secondary N) is 2. The van der Waals surface area contributed by atoms with Crippen molar-refractivity contribution in [1.82, 2.24) is 0 Å². The summed E-state index contributed by atoms with van der Waals surface area (Å²) in [6, 6.07) is 8.50. The number of rotatable bonds is 6. The van der Waals surface area contributed by atoms with Gasteiger partial charge >= 0.3 is 0 Å². The molecule has 146 valence electrons. The lowest BCUT2D eigenvalue weighted by molar-refractivity contribution is -0.384. The minimum atomic E-state index is -0.693. The minimum absolute atomic E-state index is 0.00238. The molecular formula is C20H26FN3O3. The van der Waals surface area contributed by atoms with Crippen LogP contribution in [0.1, 0.15) is 46.6 Å². The van der Waals surface area contributed by atoms with E-state index in [1.165, 1.54) is 6.07 Å². The highest BCUT2D eigenvalue weighted by Gasteiger charge is 2.28. The van der Waals surface area contributed by atoms with Crippen molar-refractivity contribution in [2.45, 2.75) is 46.5 Å². The standard InChI is InChI=1S/C20H26FN3O3/c1-19(2,3)12-20(4,5)13-6-9-18(25)16(10-13)23-22-15-8-7-14(21)11-17(15)24(26)27/h6-11,22-23,25H,12H2,1-5H3. The van der Waals surface area contributed by atoms with Gasteiger partial charge in [0.2, 0.25) is 0 Å². The number of phenols is 1. The molecular weight excluding hydrogens is 349 g/mol. The minimum Gasteiger partial charge on any atom is -0.506 e. The molecule has 6 nitrogen and oxygen atoms in total. The molecule has 2 aromatic rings. The predicted molar refractivity (Wildman–Crippen MR) is 106 cm³/mol.